The Kier molecular flexibility index (Phi) is 9.48. The van der Waals surface area contributed by atoms with Crippen molar-refractivity contribution in [1.29, 1.82) is 0 Å². The molecule has 13 heteroatoms. The van der Waals surface area contributed by atoms with Crippen molar-refractivity contribution in [3.8, 4) is 0 Å². The van der Waals surface area contributed by atoms with Gasteiger partial charge < -0.3 is 64.9 Å². The average molecular weight is 647 g/mol. The minimum Gasteiger partial charge on any atom is -0.394 e. The fourth-order valence-electron chi connectivity index (χ4n) is 11.0. The minimum atomic E-state index is -1.54. The summed E-state index contributed by atoms with van der Waals surface area (Å²) in [7, 11) is 0. The maximum absolute atomic E-state index is 12.0. The molecule has 17 atom stereocenters. The van der Waals surface area contributed by atoms with Gasteiger partial charge in [0.15, 0.2) is 12.6 Å². The van der Waals surface area contributed by atoms with Crippen molar-refractivity contribution in [2.24, 2.45) is 34.0 Å². The van der Waals surface area contributed by atoms with Crippen molar-refractivity contribution in [3.05, 3.63) is 0 Å². The average Bonchev–Trinajstić information content (AvgIpc) is 3.22. The highest BCUT2D eigenvalue weighted by atomic mass is 16.7. The first-order valence-corrected chi connectivity index (χ1v) is 16.8. The smallest absolute Gasteiger partial charge is 0.186 e. The molecule has 2 saturated heterocycles. The Morgan fingerprint density at radius 3 is 1.82 bits per heavy atom. The first kappa shape index (κ1) is 34.3. The topological polar surface area (TPSA) is 219 Å². The van der Waals surface area contributed by atoms with Gasteiger partial charge in [-0.1, -0.05) is 20.3 Å². The summed E-state index contributed by atoms with van der Waals surface area (Å²) in [4.78, 5) is 0. The zero-order valence-electron chi connectivity index (χ0n) is 26.4. The van der Waals surface area contributed by atoms with Crippen LogP contribution in [0.3, 0.4) is 0 Å². The molecule has 13 nitrogen and oxygen atoms in total. The third-order valence-electron chi connectivity index (χ3n) is 13.2. The van der Waals surface area contributed by atoms with Crippen LogP contribution in [0.15, 0.2) is 0 Å². The van der Waals surface area contributed by atoms with Gasteiger partial charge >= 0.3 is 0 Å². The van der Waals surface area contributed by atoms with Gasteiger partial charge in [0.1, 0.15) is 48.8 Å². The van der Waals surface area contributed by atoms with E-state index >= 15 is 0 Å². The van der Waals surface area contributed by atoms with Crippen LogP contribution in [0, 0.1) is 34.0 Å². The Morgan fingerprint density at radius 1 is 0.667 bits per heavy atom. The molecule has 0 aromatic heterocycles. The van der Waals surface area contributed by atoms with Crippen LogP contribution in [0.4, 0.5) is 0 Å². The third-order valence-corrected chi connectivity index (χ3v) is 13.2. The molecule has 2 heterocycles. The molecule has 0 aromatic rings. The second kappa shape index (κ2) is 12.4. The molecule has 0 radical (unpaired) electrons. The molecule has 45 heavy (non-hydrogen) atoms. The van der Waals surface area contributed by atoms with E-state index in [1.807, 2.05) is 0 Å². The summed E-state index contributed by atoms with van der Waals surface area (Å²) in [5.74, 6) is 0.700. The van der Waals surface area contributed by atoms with E-state index in [4.69, 9.17) is 18.9 Å². The largest absolute Gasteiger partial charge is 0.394 e. The van der Waals surface area contributed by atoms with Gasteiger partial charge in [-0.05, 0) is 85.4 Å². The van der Waals surface area contributed by atoms with E-state index in [0.717, 1.165) is 51.4 Å². The van der Waals surface area contributed by atoms with Gasteiger partial charge in [0.2, 0.25) is 0 Å². The third kappa shape index (κ3) is 5.61. The number of hydrogen-bond donors (Lipinski definition) is 9. The molecule has 0 aromatic carbocycles. The van der Waals surface area contributed by atoms with Gasteiger partial charge in [0.25, 0.3) is 0 Å². The lowest BCUT2D eigenvalue weighted by Gasteiger charge is -2.64. The fourth-order valence-corrected chi connectivity index (χ4v) is 11.0. The molecule has 260 valence electrons. The van der Waals surface area contributed by atoms with Crippen LogP contribution in [0.2, 0.25) is 0 Å². The van der Waals surface area contributed by atoms with E-state index in [1.165, 1.54) is 0 Å². The first-order chi connectivity index (χ1) is 21.2. The summed E-state index contributed by atoms with van der Waals surface area (Å²) in [6.45, 7) is 3.77. The van der Waals surface area contributed by atoms with Crippen LogP contribution in [-0.4, -0.2) is 139 Å². The minimum absolute atomic E-state index is 0.0155. The molecule has 6 rings (SSSR count). The molecule has 2 bridgehead atoms. The Bertz CT molecular complexity index is 1050. The van der Waals surface area contributed by atoms with Crippen LogP contribution < -0.4 is 0 Å². The van der Waals surface area contributed by atoms with Crippen LogP contribution in [-0.2, 0) is 18.9 Å². The van der Waals surface area contributed by atoms with E-state index in [9.17, 15) is 46.0 Å². The molecule has 6 fully saturated rings. The normalized spacial score (nSPS) is 56.5. The molecule has 0 amide bonds. The Morgan fingerprint density at radius 2 is 1.24 bits per heavy atom. The lowest BCUT2D eigenvalue weighted by atomic mass is 9.41. The molecule has 1 spiro atoms. The van der Waals surface area contributed by atoms with Gasteiger partial charge in [-0.3, -0.25) is 0 Å². The summed E-state index contributed by atoms with van der Waals surface area (Å²) in [5.41, 5.74) is -1.46. The van der Waals surface area contributed by atoms with E-state index in [0.29, 0.717) is 24.9 Å². The molecule has 9 N–H and O–H groups in total. The van der Waals surface area contributed by atoms with Crippen molar-refractivity contribution < 1.29 is 64.9 Å². The number of aliphatic hydroxyl groups excluding tert-OH is 8. The van der Waals surface area contributed by atoms with Crippen LogP contribution >= 0.6 is 0 Å². The van der Waals surface area contributed by atoms with Gasteiger partial charge in [-0.25, -0.2) is 0 Å². The van der Waals surface area contributed by atoms with Gasteiger partial charge in [-0.15, -0.1) is 0 Å². The highest BCUT2D eigenvalue weighted by Crippen LogP contribution is 2.73. The highest BCUT2D eigenvalue weighted by molar-refractivity contribution is 5.17. The van der Waals surface area contributed by atoms with Gasteiger partial charge in [-0.2, -0.15) is 0 Å². The molecular formula is C32H54O13. The lowest BCUT2D eigenvalue weighted by molar-refractivity contribution is -0.310. The van der Waals surface area contributed by atoms with Gasteiger partial charge in [0.05, 0.1) is 32.0 Å². The number of rotatable bonds is 8. The van der Waals surface area contributed by atoms with E-state index in [1.54, 1.807) is 0 Å². The zero-order chi connectivity index (χ0) is 32.5. The standard InChI is InChI=1S/C32H54O13/c1-29(14-42-27-25(39)23(37)21(35)17(11-33)44-27)7-3-8-30(2)19(29)6-9-31-10-16(4-5-20(30)31)32(41,13-31)15-43-28-26(40)24(38)22(36)18(12-34)45-28/h16-28,33-41H,3-15H2,1-2H3/t16-,17-,18-,19-,20+,21-,22-,23+,24+,25-,26-,27-,28-,29+,30-,31+,32-/m1/s1. The van der Waals surface area contributed by atoms with Crippen molar-refractivity contribution in [2.45, 2.75) is 139 Å². The van der Waals surface area contributed by atoms with Crippen LogP contribution in [0.1, 0.15) is 71.6 Å². The summed E-state index contributed by atoms with van der Waals surface area (Å²) in [6, 6.07) is 0. The second-order valence-corrected chi connectivity index (χ2v) is 15.8. The van der Waals surface area contributed by atoms with Crippen molar-refractivity contribution >= 4 is 0 Å². The Labute approximate surface area is 264 Å². The van der Waals surface area contributed by atoms with Gasteiger partial charge in [0, 0.05) is 0 Å². The monoisotopic (exact) mass is 646 g/mol. The summed E-state index contributed by atoms with van der Waals surface area (Å²) >= 11 is 0. The maximum Gasteiger partial charge on any atom is 0.186 e. The van der Waals surface area contributed by atoms with Crippen LogP contribution in [0.25, 0.3) is 0 Å². The quantitative estimate of drug-likeness (QED) is 0.151. The van der Waals surface area contributed by atoms with E-state index in [-0.39, 0.29) is 28.8 Å². The molecule has 6 aliphatic rings. The SMILES string of the molecule is C[C@@]1(CO[C@@H]2O[C@H](CO)[C@@H](O)[C@H](O)[C@H]2O)CCC[C@]2(C)[C@@H]1CC[C@@]13C[C@@H](CC[C@H]12)[C@](O)(CO[C@@H]1O[C@H](CO)[C@@H](O)[C@H](O)[C@H]1O)C3. The summed E-state index contributed by atoms with van der Waals surface area (Å²) in [6.07, 6.45) is -5.30. The molecule has 4 aliphatic carbocycles. The lowest BCUT2D eigenvalue weighted by Crippen LogP contribution is -2.60. The number of hydrogen-bond acceptors (Lipinski definition) is 13. The number of fused-ring (bicyclic) bond motifs is 3. The van der Waals surface area contributed by atoms with Crippen molar-refractivity contribution in [2.75, 3.05) is 26.4 Å². The predicted molar refractivity (Wildman–Crippen MR) is 155 cm³/mol. The zero-order valence-corrected chi connectivity index (χ0v) is 26.4. The molecule has 4 saturated carbocycles. The fraction of sp³-hybridized carbons (Fsp3) is 1.00. The number of aliphatic hydroxyl groups is 9. The summed E-state index contributed by atoms with van der Waals surface area (Å²) < 4.78 is 23.2. The number of ether oxygens (including phenoxy) is 4. The molecule has 0 unspecified atom stereocenters. The maximum atomic E-state index is 12.0. The van der Waals surface area contributed by atoms with Crippen molar-refractivity contribution in [1.82, 2.24) is 0 Å². The van der Waals surface area contributed by atoms with E-state index < -0.39 is 80.2 Å². The van der Waals surface area contributed by atoms with Crippen molar-refractivity contribution in [3.63, 3.8) is 0 Å². The van der Waals surface area contributed by atoms with Crippen LogP contribution in [0.5, 0.6) is 0 Å². The molecule has 2 aliphatic heterocycles. The first-order valence-electron chi connectivity index (χ1n) is 16.8. The molecular weight excluding hydrogens is 592 g/mol. The van der Waals surface area contributed by atoms with E-state index in [2.05, 4.69) is 13.8 Å². The second-order valence-electron chi connectivity index (χ2n) is 15.8. The summed E-state index contributed by atoms with van der Waals surface area (Å²) in [5, 5.41) is 92.9. The highest BCUT2D eigenvalue weighted by Gasteiger charge is 2.68. The Balaban J connectivity index is 1.14. The Hall–Kier alpha value is -0.520. The predicted octanol–water partition coefficient (Wildman–Crippen LogP) is -1.24.